The van der Waals surface area contributed by atoms with Gasteiger partial charge in [0.2, 0.25) is 0 Å². The normalized spacial score (nSPS) is 9.31. The molecule has 0 bridgehead atoms. The molecule has 0 spiro atoms. The molecule has 0 aromatic heterocycles. The van der Waals surface area contributed by atoms with E-state index in [1.165, 1.54) is 0 Å². The van der Waals surface area contributed by atoms with Crippen LogP contribution in [-0.2, 0) is 14.3 Å². The molecule has 0 unspecified atom stereocenters. The molecule has 0 aliphatic carbocycles. The minimum atomic E-state index is -0.0370. The third-order valence-corrected chi connectivity index (χ3v) is 1.21. The van der Waals surface area contributed by atoms with Crippen molar-refractivity contribution in [3.63, 3.8) is 0 Å². The van der Waals surface area contributed by atoms with Crippen molar-refractivity contribution in [2.24, 2.45) is 0 Å². The third-order valence-electron chi connectivity index (χ3n) is 1.21. The van der Waals surface area contributed by atoms with Crippen LogP contribution in [0.1, 0.15) is 40.5 Å². The molecular formula is C10H22O3. The second-order valence-corrected chi connectivity index (χ2v) is 2.43. The molecule has 0 rings (SSSR count). The molecule has 0 atom stereocenters. The van der Waals surface area contributed by atoms with Gasteiger partial charge in [0.25, 0.3) is 0 Å². The fraction of sp³-hybridized carbons (Fsp3) is 0.900. The van der Waals surface area contributed by atoms with Crippen LogP contribution in [0.15, 0.2) is 0 Å². The zero-order valence-electron chi connectivity index (χ0n) is 9.21. The van der Waals surface area contributed by atoms with Gasteiger partial charge in [-0.1, -0.05) is 6.92 Å². The fourth-order valence-corrected chi connectivity index (χ4v) is 0.635. The third kappa shape index (κ3) is 18.5. The Kier molecular flexibility index (Phi) is 16.4. The Hall–Kier alpha value is -0.410. The predicted octanol–water partition coefficient (Wildman–Crippen LogP) is 2.39. The van der Waals surface area contributed by atoms with Crippen LogP contribution in [0.3, 0.4) is 0 Å². The standard InChI is InChI=1S/C6H14O2.C4H8O/c1-4-7-6(3)8-5-2;1-2-3-4-5/h6H,4-5H2,1-3H3;4H,2-3H2,1H3. The first-order valence-electron chi connectivity index (χ1n) is 4.89. The van der Waals surface area contributed by atoms with E-state index in [1.807, 2.05) is 27.7 Å². The SMILES string of the molecule is CCCC=O.CCOC(C)OCC. The van der Waals surface area contributed by atoms with E-state index < -0.39 is 0 Å². The van der Waals surface area contributed by atoms with Crippen molar-refractivity contribution >= 4 is 6.29 Å². The number of unbranched alkanes of at least 4 members (excludes halogenated alkanes) is 1. The van der Waals surface area contributed by atoms with Gasteiger partial charge in [-0.25, -0.2) is 0 Å². The quantitative estimate of drug-likeness (QED) is 0.476. The fourth-order valence-electron chi connectivity index (χ4n) is 0.635. The summed E-state index contributed by atoms with van der Waals surface area (Å²) in [4.78, 5) is 9.40. The molecule has 80 valence electrons. The summed E-state index contributed by atoms with van der Waals surface area (Å²) >= 11 is 0. The van der Waals surface area contributed by atoms with E-state index in [0.717, 1.165) is 25.9 Å². The van der Waals surface area contributed by atoms with Crippen molar-refractivity contribution in [3.8, 4) is 0 Å². The zero-order chi connectivity index (χ0) is 10.5. The lowest BCUT2D eigenvalue weighted by molar-refractivity contribution is -0.123. The first-order valence-corrected chi connectivity index (χ1v) is 4.89. The zero-order valence-corrected chi connectivity index (χ0v) is 9.21. The molecule has 0 aromatic rings. The number of carbonyl (C=O) groups excluding carboxylic acids is 1. The van der Waals surface area contributed by atoms with Crippen molar-refractivity contribution in [2.45, 2.75) is 46.8 Å². The topological polar surface area (TPSA) is 35.5 Å². The molecular weight excluding hydrogens is 168 g/mol. The van der Waals surface area contributed by atoms with Crippen LogP contribution in [0.2, 0.25) is 0 Å². The molecule has 3 heteroatoms. The van der Waals surface area contributed by atoms with E-state index in [-0.39, 0.29) is 6.29 Å². The monoisotopic (exact) mass is 190 g/mol. The molecule has 0 heterocycles. The first-order chi connectivity index (χ1) is 6.22. The van der Waals surface area contributed by atoms with Gasteiger partial charge in [-0.3, -0.25) is 0 Å². The lowest BCUT2D eigenvalue weighted by atomic mass is 10.4. The first kappa shape index (κ1) is 15.1. The number of hydrogen-bond donors (Lipinski definition) is 0. The highest BCUT2D eigenvalue weighted by Crippen LogP contribution is 1.90. The Balaban J connectivity index is 0. The van der Waals surface area contributed by atoms with Crippen molar-refractivity contribution in [1.29, 1.82) is 0 Å². The molecule has 0 saturated heterocycles. The molecule has 0 saturated carbocycles. The summed E-state index contributed by atoms with van der Waals surface area (Å²) in [5, 5.41) is 0. The number of ether oxygens (including phenoxy) is 2. The van der Waals surface area contributed by atoms with E-state index in [9.17, 15) is 4.79 Å². The summed E-state index contributed by atoms with van der Waals surface area (Å²) in [6, 6.07) is 0. The van der Waals surface area contributed by atoms with Crippen LogP contribution in [0, 0.1) is 0 Å². The molecule has 3 nitrogen and oxygen atoms in total. The van der Waals surface area contributed by atoms with Crippen LogP contribution in [-0.4, -0.2) is 25.8 Å². The molecule has 0 amide bonds. The van der Waals surface area contributed by atoms with Crippen LogP contribution in [0.5, 0.6) is 0 Å². The summed E-state index contributed by atoms with van der Waals surface area (Å²) < 4.78 is 10.1. The van der Waals surface area contributed by atoms with E-state index in [4.69, 9.17) is 9.47 Å². The molecule has 0 aromatic carbocycles. The average molecular weight is 190 g/mol. The highest BCUT2D eigenvalue weighted by Gasteiger charge is 1.94. The number of carbonyl (C=O) groups is 1. The van der Waals surface area contributed by atoms with Crippen molar-refractivity contribution in [1.82, 2.24) is 0 Å². The minimum absolute atomic E-state index is 0.0370. The number of rotatable bonds is 6. The van der Waals surface area contributed by atoms with E-state index in [1.54, 1.807) is 0 Å². The summed E-state index contributed by atoms with van der Waals surface area (Å²) in [7, 11) is 0. The summed E-state index contributed by atoms with van der Waals surface area (Å²) in [6.07, 6.45) is 2.58. The van der Waals surface area contributed by atoms with Gasteiger partial charge in [0.15, 0.2) is 6.29 Å². The van der Waals surface area contributed by atoms with Gasteiger partial charge in [0.05, 0.1) is 0 Å². The molecule has 0 aliphatic heterocycles. The van der Waals surface area contributed by atoms with Gasteiger partial charge < -0.3 is 14.3 Å². The molecule has 0 fully saturated rings. The lowest BCUT2D eigenvalue weighted by Crippen LogP contribution is -2.11. The molecule has 0 radical (unpaired) electrons. The van der Waals surface area contributed by atoms with E-state index >= 15 is 0 Å². The highest BCUT2D eigenvalue weighted by molar-refractivity contribution is 5.48. The van der Waals surface area contributed by atoms with Gasteiger partial charge in [0, 0.05) is 19.6 Å². The average Bonchev–Trinajstić information content (AvgIpc) is 2.08. The predicted molar refractivity (Wildman–Crippen MR) is 53.7 cm³/mol. The Labute approximate surface area is 81.4 Å². The van der Waals surface area contributed by atoms with E-state index in [2.05, 4.69) is 0 Å². The van der Waals surface area contributed by atoms with Gasteiger partial charge in [-0.05, 0) is 27.2 Å². The van der Waals surface area contributed by atoms with Crippen molar-refractivity contribution < 1.29 is 14.3 Å². The second-order valence-electron chi connectivity index (χ2n) is 2.43. The molecule has 13 heavy (non-hydrogen) atoms. The number of hydrogen-bond acceptors (Lipinski definition) is 3. The largest absolute Gasteiger partial charge is 0.353 e. The van der Waals surface area contributed by atoms with Gasteiger partial charge in [-0.2, -0.15) is 0 Å². The lowest BCUT2D eigenvalue weighted by Gasteiger charge is -2.09. The van der Waals surface area contributed by atoms with Crippen LogP contribution >= 0.6 is 0 Å². The maximum Gasteiger partial charge on any atom is 0.154 e. The second kappa shape index (κ2) is 14.1. The van der Waals surface area contributed by atoms with Crippen molar-refractivity contribution in [3.05, 3.63) is 0 Å². The smallest absolute Gasteiger partial charge is 0.154 e. The summed E-state index contributed by atoms with van der Waals surface area (Å²) in [5.41, 5.74) is 0. The van der Waals surface area contributed by atoms with E-state index in [0.29, 0.717) is 6.42 Å². The Bertz CT molecular complexity index is 88.2. The maximum atomic E-state index is 9.40. The maximum absolute atomic E-state index is 9.40. The van der Waals surface area contributed by atoms with Crippen LogP contribution in [0.4, 0.5) is 0 Å². The molecule has 0 aliphatic rings. The Morgan fingerprint density at radius 1 is 1.15 bits per heavy atom. The van der Waals surface area contributed by atoms with Gasteiger partial charge in [-0.15, -0.1) is 0 Å². The highest BCUT2D eigenvalue weighted by atomic mass is 16.7. The Morgan fingerprint density at radius 2 is 1.62 bits per heavy atom. The van der Waals surface area contributed by atoms with Crippen molar-refractivity contribution in [2.75, 3.05) is 13.2 Å². The van der Waals surface area contributed by atoms with Gasteiger partial charge >= 0.3 is 0 Å². The minimum Gasteiger partial charge on any atom is -0.353 e. The van der Waals surface area contributed by atoms with Gasteiger partial charge in [0.1, 0.15) is 6.29 Å². The van der Waals surface area contributed by atoms with Crippen LogP contribution in [0.25, 0.3) is 0 Å². The summed E-state index contributed by atoms with van der Waals surface area (Å²) in [5.74, 6) is 0. The van der Waals surface area contributed by atoms with Crippen LogP contribution < -0.4 is 0 Å². The summed E-state index contributed by atoms with van der Waals surface area (Å²) in [6.45, 7) is 9.23. The molecule has 0 N–H and O–H groups in total. The number of aldehydes is 1. The Morgan fingerprint density at radius 3 is 1.77 bits per heavy atom.